The van der Waals surface area contributed by atoms with Crippen LogP contribution in [-0.4, -0.2) is 6.04 Å². The molecule has 78 valence electrons. The summed E-state index contributed by atoms with van der Waals surface area (Å²) >= 11 is 3.26. The third kappa shape index (κ3) is 3.39. The smallest absolute Gasteiger partial charge is 0.124 e. The van der Waals surface area contributed by atoms with E-state index in [9.17, 15) is 4.39 Å². The molecule has 3 heteroatoms. The Bertz CT molecular complexity index is 292. The van der Waals surface area contributed by atoms with Gasteiger partial charge in [-0.15, -0.1) is 0 Å². The molecule has 0 saturated carbocycles. The van der Waals surface area contributed by atoms with E-state index in [1.165, 1.54) is 12.1 Å². The molecule has 14 heavy (non-hydrogen) atoms. The van der Waals surface area contributed by atoms with Crippen molar-refractivity contribution in [3.8, 4) is 0 Å². The standard InChI is InChI=1S/C11H15BrFN/c1-7(2)11(14)5-8-3-9(12)6-10(13)4-8/h3-4,6-7,11H,5,14H2,1-2H3. The average Bonchev–Trinajstić information content (AvgIpc) is 2.01. The molecule has 1 atom stereocenters. The van der Waals surface area contributed by atoms with Crippen LogP contribution in [0.4, 0.5) is 4.39 Å². The van der Waals surface area contributed by atoms with Crippen LogP contribution in [0, 0.1) is 11.7 Å². The summed E-state index contributed by atoms with van der Waals surface area (Å²) in [5.74, 6) is 0.197. The molecule has 0 radical (unpaired) electrons. The normalized spacial score (nSPS) is 13.3. The van der Waals surface area contributed by atoms with Crippen LogP contribution in [0.3, 0.4) is 0 Å². The summed E-state index contributed by atoms with van der Waals surface area (Å²) < 4.78 is 13.8. The predicted octanol–water partition coefficient (Wildman–Crippen LogP) is 3.11. The molecule has 0 fully saturated rings. The lowest BCUT2D eigenvalue weighted by Crippen LogP contribution is -2.28. The Morgan fingerprint density at radius 3 is 2.50 bits per heavy atom. The van der Waals surface area contributed by atoms with Gasteiger partial charge in [0, 0.05) is 10.5 Å². The first-order chi connectivity index (χ1) is 6.49. The van der Waals surface area contributed by atoms with Gasteiger partial charge in [-0.05, 0) is 36.1 Å². The second-order valence-corrected chi connectivity index (χ2v) is 4.81. The number of benzene rings is 1. The van der Waals surface area contributed by atoms with Crippen LogP contribution < -0.4 is 5.73 Å². The number of nitrogens with two attached hydrogens (primary N) is 1. The van der Waals surface area contributed by atoms with E-state index < -0.39 is 0 Å². The summed E-state index contributed by atoms with van der Waals surface area (Å²) in [4.78, 5) is 0. The molecule has 1 aromatic carbocycles. The number of hydrogen-bond donors (Lipinski definition) is 1. The molecule has 1 rings (SSSR count). The average molecular weight is 260 g/mol. The van der Waals surface area contributed by atoms with Crippen LogP contribution in [-0.2, 0) is 6.42 Å². The van der Waals surface area contributed by atoms with Gasteiger partial charge in [0.2, 0.25) is 0 Å². The zero-order chi connectivity index (χ0) is 10.7. The first-order valence-electron chi connectivity index (χ1n) is 4.69. The Kier molecular flexibility index (Phi) is 4.08. The molecule has 0 heterocycles. The second-order valence-electron chi connectivity index (χ2n) is 3.89. The van der Waals surface area contributed by atoms with Crippen LogP contribution in [0.5, 0.6) is 0 Å². The Labute approximate surface area is 92.6 Å². The molecule has 0 saturated heterocycles. The van der Waals surface area contributed by atoms with Crippen LogP contribution in [0.2, 0.25) is 0 Å². The SMILES string of the molecule is CC(C)C(N)Cc1cc(F)cc(Br)c1. The van der Waals surface area contributed by atoms with Crippen LogP contribution in [0.15, 0.2) is 22.7 Å². The van der Waals surface area contributed by atoms with E-state index in [1.807, 2.05) is 6.07 Å². The summed E-state index contributed by atoms with van der Waals surface area (Å²) in [6, 6.07) is 4.98. The van der Waals surface area contributed by atoms with E-state index >= 15 is 0 Å². The van der Waals surface area contributed by atoms with E-state index in [4.69, 9.17) is 5.73 Å². The number of hydrogen-bond acceptors (Lipinski definition) is 1. The van der Waals surface area contributed by atoms with E-state index in [-0.39, 0.29) is 11.9 Å². The van der Waals surface area contributed by atoms with Crippen molar-refractivity contribution in [2.75, 3.05) is 0 Å². The van der Waals surface area contributed by atoms with E-state index in [0.717, 1.165) is 10.0 Å². The van der Waals surface area contributed by atoms with Gasteiger partial charge >= 0.3 is 0 Å². The zero-order valence-electron chi connectivity index (χ0n) is 8.43. The molecule has 0 amide bonds. The van der Waals surface area contributed by atoms with Crippen molar-refractivity contribution in [3.05, 3.63) is 34.1 Å². The van der Waals surface area contributed by atoms with E-state index in [0.29, 0.717) is 12.3 Å². The quantitative estimate of drug-likeness (QED) is 0.887. The van der Waals surface area contributed by atoms with Crippen LogP contribution in [0.25, 0.3) is 0 Å². The largest absolute Gasteiger partial charge is 0.327 e. The topological polar surface area (TPSA) is 26.0 Å². The summed E-state index contributed by atoms with van der Waals surface area (Å²) in [5, 5.41) is 0. The molecule has 1 aromatic rings. The van der Waals surface area contributed by atoms with Gasteiger partial charge in [-0.1, -0.05) is 29.8 Å². The van der Waals surface area contributed by atoms with Crippen molar-refractivity contribution >= 4 is 15.9 Å². The van der Waals surface area contributed by atoms with E-state index in [1.54, 1.807) is 0 Å². The minimum Gasteiger partial charge on any atom is -0.327 e. The maximum Gasteiger partial charge on any atom is 0.124 e. The molecular weight excluding hydrogens is 245 g/mol. The zero-order valence-corrected chi connectivity index (χ0v) is 10.0. The monoisotopic (exact) mass is 259 g/mol. The lowest BCUT2D eigenvalue weighted by atomic mass is 9.97. The highest BCUT2D eigenvalue weighted by Crippen LogP contribution is 2.17. The molecule has 0 bridgehead atoms. The van der Waals surface area contributed by atoms with Crippen LogP contribution >= 0.6 is 15.9 Å². The maximum atomic E-state index is 13.0. The van der Waals surface area contributed by atoms with Gasteiger partial charge in [-0.25, -0.2) is 4.39 Å². The van der Waals surface area contributed by atoms with Gasteiger partial charge < -0.3 is 5.73 Å². The van der Waals surface area contributed by atoms with Gasteiger partial charge in [0.1, 0.15) is 5.82 Å². The molecule has 0 aliphatic heterocycles. The molecule has 0 aromatic heterocycles. The minimum absolute atomic E-state index is 0.0868. The maximum absolute atomic E-state index is 13.0. The third-order valence-electron chi connectivity index (χ3n) is 2.25. The van der Waals surface area contributed by atoms with Gasteiger partial charge in [-0.3, -0.25) is 0 Å². The first-order valence-corrected chi connectivity index (χ1v) is 5.49. The molecule has 0 aliphatic rings. The lowest BCUT2D eigenvalue weighted by molar-refractivity contribution is 0.489. The summed E-state index contributed by atoms with van der Waals surface area (Å²) in [6.45, 7) is 4.14. The summed E-state index contributed by atoms with van der Waals surface area (Å²) in [7, 11) is 0. The van der Waals surface area contributed by atoms with Gasteiger partial charge in [0.05, 0.1) is 0 Å². The second kappa shape index (κ2) is 4.89. The van der Waals surface area contributed by atoms with E-state index in [2.05, 4.69) is 29.8 Å². The summed E-state index contributed by atoms with van der Waals surface area (Å²) in [6.07, 6.45) is 0.716. The Hall–Kier alpha value is -0.410. The van der Waals surface area contributed by atoms with Gasteiger partial charge in [0.25, 0.3) is 0 Å². The number of rotatable bonds is 3. The predicted molar refractivity (Wildman–Crippen MR) is 60.6 cm³/mol. The van der Waals surface area contributed by atoms with Crippen molar-refractivity contribution < 1.29 is 4.39 Å². The Morgan fingerprint density at radius 2 is 2.00 bits per heavy atom. The minimum atomic E-state index is -0.217. The fourth-order valence-electron chi connectivity index (χ4n) is 1.24. The van der Waals surface area contributed by atoms with Crippen molar-refractivity contribution in [3.63, 3.8) is 0 Å². The Balaban J connectivity index is 2.76. The van der Waals surface area contributed by atoms with Crippen molar-refractivity contribution in [2.24, 2.45) is 11.7 Å². The van der Waals surface area contributed by atoms with Crippen molar-refractivity contribution in [1.82, 2.24) is 0 Å². The summed E-state index contributed by atoms with van der Waals surface area (Å²) in [5.41, 5.74) is 6.85. The molecule has 0 spiro atoms. The highest BCUT2D eigenvalue weighted by Gasteiger charge is 2.09. The molecule has 1 unspecified atom stereocenters. The number of halogens is 2. The van der Waals surface area contributed by atoms with Gasteiger partial charge in [-0.2, -0.15) is 0 Å². The van der Waals surface area contributed by atoms with Crippen molar-refractivity contribution in [2.45, 2.75) is 26.3 Å². The van der Waals surface area contributed by atoms with Crippen LogP contribution in [0.1, 0.15) is 19.4 Å². The lowest BCUT2D eigenvalue weighted by Gasteiger charge is -2.15. The molecular formula is C11H15BrFN. The Morgan fingerprint density at radius 1 is 1.36 bits per heavy atom. The highest BCUT2D eigenvalue weighted by atomic mass is 79.9. The third-order valence-corrected chi connectivity index (χ3v) is 2.71. The fraction of sp³-hybridized carbons (Fsp3) is 0.455. The highest BCUT2D eigenvalue weighted by molar-refractivity contribution is 9.10. The van der Waals surface area contributed by atoms with Crippen molar-refractivity contribution in [1.29, 1.82) is 0 Å². The molecule has 1 nitrogen and oxygen atoms in total. The first kappa shape index (κ1) is 11.7. The van der Waals surface area contributed by atoms with Gasteiger partial charge in [0.15, 0.2) is 0 Å². The fourth-order valence-corrected chi connectivity index (χ4v) is 1.75. The molecule has 0 aliphatic carbocycles. The molecule has 2 N–H and O–H groups in total.